The standard InChI is InChI=1S/C19H21N3O3/c1-13(23)20-14-8-9-17-15(12-14)19(22(2)10-11-24-3)21-16-6-4-5-7-18(16)25-17/h4-9,12H,10-11H2,1-3H3,(H,20,23). The van der Waals surface area contributed by atoms with Crippen LogP contribution in [0.15, 0.2) is 47.5 Å². The number of hydrogen-bond acceptors (Lipinski definition) is 5. The van der Waals surface area contributed by atoms with E-state index in [1.54, 1.807) is 7.11 Å². The molecular formula is C19H21N3O3. The van der Waals surface area contributed by atoms with Gasteiger partial charge in [0.1, 0.15) is 17.3 Å². The van der Waals surface area contributed by atoms with Crippen LogP contribution in [0.2, 0.25) is 0 Å². The second-order valence-corrected chi connectivity index (χ2v) is 5.81. The molecule has 0 fully saturated rings. The number of amides is 1. The molecule has 0 bridgehead atoms. The number of nitrogens with zero attached hydrogens (tertiary/aromatic N) is 2. The van der Waals surface area contributed by atoms with Crippen LogP contribution in [-0.2, 0) is 9.53 Å². The van der Waals surface area contributed by atoms with Crippen molar-refractivity contribution in [2.75, 3.05) is 32.6 Å². The van der Waals surface area contributed by atoms with Gasteiger partial charge < -0.3 is 19.7 Å². The third-order valence-corrected chi connectivity index (χ3v) is 3.84. The molecule has 0 unspecified atom stereocenters. The topological polar surface area (TPSA) is 63.2 Å². The molecule has 0 saturated heterocycles. The lowest BCUT2D eigenvalue weighted by Gasteiger charge is -2.21. The molecule has 25 heavy (non-hydrogen) atoms. The first kappa shape index (κ1) is 17.0. The molecule has 1 N–H and O–H groups in total. The van der Waals surface area contributed by atoms with E-state index in [1.807, 2.05) is 54.4 Å². The van der Waals surface area contributed by atoms with Gasteiger partial charge in [-0.05, 0) is 30.3 Å². The fourth-order valence-electron chi connectivity index (χ4n) is 2.63. The van der Waals surface area contributed by atoms with E-state index in [2.05, 4.69) is 5.32 Å². The summed E-state index contributed by atoms with van der Waals surface area (Å²) in [5.41, 5.74) is 2.29. The van der Waals surface area contributed by atoms with E-state index in [-0.39, 0.29) is 5.91 Å². The van der Waals surface area contributed by atoms with Gasteiger partial charge in [0.2, 0.25) is 5.91 Å². The number of amidine groups is 1. The first-order chi connectivity index (χ1) is 12.1. The Morgan fingerprint density at radius 3 is 2.80 bits per heavy atom. The Kier molecular flexibility index (Phi) is 5.00. The van der Waals surface area contributed by atoms with Crippen molar-refractivity contribution < 1.29 is 14.3 Å². The highest BCUT2D eigenvalue weighted by Crippen LogP contribution is 2.38. The van der Waals surface area contributed by atoms with Crippen LogP contribution in [0.1, 0.15) is 12.5 Å². The minimum absolute atomic E-state index is 0.121. The van der Waals surface area contributed by atoms with Crippen molar-refractivity contribution in [2.45, 2.75) is 6.92 Å². The molecule has 6 nitrogen and oxygen atoms in total. The number of anilines is 1. The number of carbonyl (C=O) groups is 1. The number of rotatable bonds is 4. The predicted octanol–water partition coefficient (Wildman–Crippen LogP) is 3.41. The number of ether oxygens (including phenoxy) is 2. The number of methoxy groups -OCH3 is 1. The summed E-state index contributed by atoms with van der Waals surface area (Å²) in [5.74, 6) is 2.04. The average molecular weight is 339 g/mol. The highest BCUT2D eigenvalue weighted by molar-refractivity contribution is 6.05. The summed E-state index contributed by atoms with van der Waals surface area (Å²) in [5, 5.41) is 2.81. The van der Waals surface area contributed by atoms with E-state index in [0.29, 0.717) is 30.3 Å². The first-order valence-electron chi connectivity index (χ1n) is 8.06. The van der Waals surface area contributed by atoms with Crippen molar-refractivity contribution in [3.8, 4) is 11.5 Å². The fraction of sp³-hybridized carbons (Fsp3) is 0.263. The quantitative estimate of drug-likeness (QED) is 0.927. The van der Waals surface area contributed by atoms with Crippen LogP contribution in [-0.4, -0.2) is 44.0 Å². The molecule has 0 saturated carbocycles. The van der Waals surface area contributed by atoms with Crippen molar-refractivity contribution in [3.05, 3.63) is 48.0 Å². The van der Waals surface area contributed by atoms with Crippen molar-refractivity contribution in [1.29, 1.82) is 0 Å². The summed E-state index contributed by atoms with van der Waals surface area (Å²) < 4.78 is 11.2. The minimum Gasteiger partial charge on any atom is -0.454 e. The Bertz CT molecular complexity index is 817. The molecular weight excluding hydrogens is 318 g/mol. The summed E-state index contributed by atoms with van der Waals surface area (Å²) in [4.78, 5) is 18.2. The van der Waals surface area contributed by atoms with Gasteiger partial charge in [0.05, 0.1) is 12.2 Å². The Morgan fingerprint density at radius 2 is 2.04 bits per heavy atom. The van der Waals surface area contributed by atoms with Crippen LogP contribution in [0.3, 0.4) is 0 Å². The lowest BCUT2D eigenvalue weighted by Crippen LogP contribution is -2.30. The van der Waals surface area contributed by atoms with E-state index in [4.69, 9.17) is 14.5 Å². The molecule has 0 atom stereocenters. The highest BCUT2D eigenvalue weighted by atomic mass is 16.5. The fourth-order valence-corrected chi connectivity index (χ4v) is 2.63. The number of carbonyl (C=O) groups excluding carboxylic acids is 1. The van der Waals surface area contributed by atoms with E-state index in [9.17, 15) is 4.79 Å². The lowest BCUT2D eigenvalue weighted by molar-refractivity contribution is -0.114. The molecule has 2 aromatic carbocycles. The van der Waals surface area contributed by atoms with Crippen molar-refractivity contribution in [1.82, 2.24) is 4.90 Å². The van der Waals surface area contributed by atoms with Gasteiger partial charge in [-0.3, -0.25) is 4.79 Å². The van der Waals surface area contributed by atoms with Gasteiger partial charge in [0.15, 0.2) is 5.75 Å². The van der Waals surface area contributed by atoms with Gasteiger partial charge in [-0.25, -0.2) is 4.99 Å². The largest absolute Gasteiger partial charge is 0.454 e. The maximum atomic E-state index is 11.4. The highest BCUT2D eigenvalue weighted by Gasteiger charge is 2.21. The zero-order valence-electron chi connectivity index (χ0n) is 14.6. The Morgan fingerprint density at radius 1 is 1.24 bits per heavy atom. The van der Waals surface area contributed by atoms with Crippen molar-refractivity contribution >= 4 is 23.1 Å². The van der Waals surface area contributed by atoms with E-state index in [1.165, 1.54) is 6.92 Å². The molecule has 3 rings (SSSR count). The smallest absolute Gasteiger partial charge is 0.221 e. The average Bonchev–Trinajstić information content (AvgIpc) is 2.75. The summed E-state index contributed by atoms with van der Waals surface area (Å²) in [6.45, 7) is 2.75. The molecule has 6 heteroatoms. The van der Waals surface area contributed by atoms with Gasteiger partial charge in [-0.1, -0.05) is 12.1 Å². The predicted molar refractivity (Wildman–Crippen MR) is 98.0 cm³/mol. The molecule has 1 amide bonds. The van der Waals surface area contributed by atoms with E-state index in [0.717, 1.165) is 17.1 Å². The second kappa shape index (κ2) is 7.36. The molecule has 0 aliphatic carbocycles. The van der Waals surface area contributed by atoms with Gasteiger partial charge >= 0.3 is 0 Å². The maximum absolute atomic E-state index is 11.4. The van der Waals surface area contributed by atoms with Crippen LogP contribution in [0.25, 0.3) is 0 Å². The maximum Gasteiger partial charge on any atom is 0.221 e. The number of benzene rings is 2. The zero-order chi connectivity index (χ0) is 17.8. The Labute approximate surface area is 147 Å². The van der Waals surface area contributed by atoms with Gasteiger partial charge in [0.25, 0.3) is 0 Å². The van der Waals surface area contributed by atoms with Gasteiger partial charge in [-0.15, -0.1) is 0 Å². The number of para-hydroxylation sites is 2. The molecule has 130 valence electrons. The SMILES string of the molecule is COCCN(C)C1=Nc2ccccc2Oc2ccc(NC(C)=O)cc21. The van der Waals surface area contributed by atoms with E-state index < -0.39 is 0 Å². The first-order valence-corrected chi connectivity index (χ1v) is 8.06. The minimum atomic E-state index is -0.121. The van der Waals surface area contributed by atoms with Crippen molar-refractivity contribution in [2.24, 2.45) is 4.99 Å². The summed E-state index contributed by atoms with van der Waals surface area (Å²) in [7, 11) is 3.63. The van der Waals surface area contributed by atoms with E-state index >= 15 is 0 Å². The molecule has 2 aromatic rings. The molecule has 1 heterocycles. The number of likely N-dealkylation sites (N-methyl/N-ethyl adjacent to an activating group) is 1. The van der Waals surface area contributed by atoms with Crippen LogP contribution in [0, 0.1) is 0 Å². The summed E-state index contributed by atoms with van der Waals surface area (Å²) >= 11 is 0. The van der Waals surface area contributed by atoms with Gasteiger partial charge in [0, 0.05) is 33.3 Å². The molecule has 1 aliphatic rings. The number of nitrogens with one attached hydrogen (secondary N) is 1. The van der Waals surface area contributed by atoms with Crippen LogP contribution < -0.4 is 10.1 Å². The zero-order valence-corrected chi connectivity index (χ0v) is 14.6. The molecule has 1 aliphatic heterocycles. The normalized spacial score (nSPS) is 12.2. The van der Waals surface area contributed by atoms with Crippen LogP contribution in [0.5, 0.6) is 11.5 Å². The second-order valence-electron chi connectivity index (χ2n) is 5.81. The molecule has 0 aromatic heterocycles. The number of hydrogen-bond donors (Lipinski definition) is 1. The molecule has 0 radical (unpaired) electrons. The number of aliphatic imine (C=N–C) groups is 1. The third-order valence-electron chi connectivity index (χ3n) is 3.84. The summed E-state index contributed by atoms with van der Waals surface area (Å²) in [6, 6.07) is 13.2. The third kappa shape index (κ3) is 3.80. The number of fused-ring (bicyclic) bond motifs is 2. The van der Waals surface area contributed by atoms with Crippen LogP contribution >= 0.6 is 0 Å². The van der Waals surface area contributed by atoms with Crippen molar-refractivity contribution in [3.63, 3.8) is 0 Å². The monoisotopic (exact) mass is 339 g/mol. The molecule has 0 spiro atoms. The summed E-state index contributed by atoms with van der Waals surface area (Å²) in [6.07, 6.45) is 0. The lowest BCUT2D eigenvalue weighted by atomic mass is 10.1. The Hall–Kier alpha value is -2.86. The van der Waals surface area contributed by atoms with Crippen LogP contribution in [0.4, 0.5) is 11.4 Å². The Balaban J connectivity index is 2.09. The van der Waals surface area contributed by atoms with Gasteiger partial charge in [-0.2, -0.15) is 0 Å².